The molecule has 6 atom stereocenters. The molecule has 5 unspecified atom stereocenters. The minimum Gasteiger partial charge on any atom is -0.381 e. The molecule has 0 aliphatic carbocycles. The summed E-state index contributed by atoms with van der Waals surface area (Å²) in [6.07, 6.45) is 16.0. The number of rotatable bonds is 59. The van der Waals surface area contributed by atoms with Crippen LogP contribution in [-0.2, 0) is 76.4 Å². The second-order valence-corrected chi connectivity index (χ2v) is 27.9. The molecular weight excluding hydrogens is 1230 g/mol. The molecule has 0 saturated heterocycles. The lowest BCUT2D eigenvalue weighted by atomic mass is 9.84. The molecule has 0 spiro atoms. The van der Waals surface area contributed by atoms with Gasteiger partial charge < -0.3 is 71.0 Å². The van der Waals surface area contributed by atoms with Gasteiger partial charge in [0.15, 0.2) is 0 Å². The van der Waals surface area contributed by atoms with Crippen molar-refractivity contribution in [2.45, 2.75) is 199 Å². The molecule has 0 aromatic carbocycles. The maximum Gasteiger partial charge on any atom is 0.253 e. The van der Waals surface area contributed by atoms with E-state index in [1.807, 2.05) is 62.3 Å². The van der Waals surface area contributed by atoms with Crippen molar-refractivity contribution in [2.24, 2.45) is 39.4 Å². The van der Waals surface area contributed by atoms with Gasteiger partial charge in [-0.05, 0) is 78.9 Å². The molecular formula is C71H127N9O16. The van der Waals surface area contributed by atoms with Gasteiger partial charge in [-0.1, -0.05) is 121 Å². The van der Waals surface area contributed by atoms with Crippen LogP contribution in [0.5, 0.6) is 0 Å². The van der Waals surface area contributed by atoms with E-state index in [0.717, 1.165) is 42.7 Å². The quantitative estimate of drug-likeness (QED) is 0.0192. The number of nitrogens with one attached hydrogen (secondary N) is 8. The van der Waals surface area contributed by atoms with Gasteiger partial charge in [0, 0.05) is 108 Å². The molecule has 0 saturated carbocycles. The second-order valence-electron chi connectivity index (χ2n) is 27.9. The monoisotopic (exact) mass is 1360 g/mol. The molecule has 25 nitrogen and oxygen atoms in total. The van der Waals surface area contributed by atoms with Crippen LogP contribution in [0.1, 0.15) is 193 Å². The van der Waals surface area contributed by atoms with Gasteiger partial charge in [-0.2, -0.15) is 0 Å². The van der Waals surface area contributed by atoms with Crippen molar-refractivity contribution in [3.05, 3.63) is 24.3 Å². The number of unbranched alkanes of at least 4 members (excludes halogenated alkanes) is 1. The van der Waals surface area contributed by atoms with Crippen molar-refractivity contribution in [3.8, 4) is 0 Å². The number of imide groups is 1. The minimum atomic E-state index is -1.07. The van der Waals surface area contributed by atoms with E-state index in [0.29, 0.717) is 91.0 Å². The van der Waals surface area contributed by atoms with Gasteiger partial charge in [-0.15, -0.1) is 0 Å². The maximum absolute atomic E-state index is 13.6. The van der Waals surface area contributed by atoms with Crippen molar-refractivity contribution in [1.82, 2.24) is 47.4 Å². The third-order valence-corrected chi connectivity index (χ3v) is 16.9. The summed E-state index contributed by atoms with van der Waals surface area (Å²) in [5.74, 6) is -2.42. The molecule has 1 aliphatic rings. The molecule has 0 radical (unpaired) electrons. The average molecular weight is 1360 g/mol. The van der Waals surface area contributed by atoms with Gasteiger partial charge in [0.05, 0.1) is 79.3 Å². The zero-order valence-corrected chi connectivity index (χ0v) is 61.1. The molecule has 10 amide bonds. The van der Waals surface area contributed by atoms with Crippen LogP contribution in [-0.4, -0.2) is 202 Å². The van der Waals surface area contributed by atoms with Crippen molar-refractivity contribution in [3.63, 3.8) is 0 Å². The number of hydrogen-bond donors (Lipinski definition) is 8. The summed E-state index contributed by atoms with van der Waals surface area (Å²) in [5, 5.41) is 22.9. The summed E-state index contributed by atoms with van der Waals surface area (Å²) in [6.45, 7) is 31.8. The fraction of sp³-hybridized carbons (Fsp3) is 0.803. The number of carbonyl (C=O) groups is 10. The normalized spacial score (nSPS) is 15.1. The van der Waals surface area contributed by atoms with Crippen LogP contribution >= 0.6 is 0 Å². The number of ether oxygens (including phenoxy) is 6. The first kappa shape index (κ1) is 88.2. The summed E-state index contributed by atoms with van der Waals surface area (Å²) < 4.78 is 34.5. The Kier molecular flexibility index (Phi) is 46.3. The lowest BCUT2D eigenvalue weighted by molar-refractivity contribution is -0.137. The molecule has 0 bridgehead atoms. The summed E-state index contributed by atoms with van der Waals surface area (Å²) in [5.41, 5.74) is -1.16. The highest BCUT2D eigenvalue weighted by molar-refractivity contribution is 6.13. The number of hydrogen-bond acceptors (Lipinski definition) is 16. The van der Waals surface area contributed by atoms with Crippen LogP contribution in [0.4, 0.5) is 0 Å². The lowest BCUT2D eigenvalue weighted by Gasteiger charge is -2.28. The molecule has 1 aliphatic heterocycles. The molecule has 1 heterocycles. The standard InChI is InChI=1S/C71H127N9O16/c1-14-18-30-68(8,9)31-19-20-54(5)21-23-58(81)72-34-42-94-50-55(6)49-78-63(86)47-70(12,16-3)52-95-43-35-75-66(89)57(79-61(84)28-38-91-44-45-93-40-32-73-60(83)27-37-80-64(87)25-26-65(80)88)22-24-59(82)77-48-56(7)51-96-53-71(13,17-4)46-62(85)74-33-39-92-41-36-76-67(90)69(10,11)29-15-2/h19,25-26,31,54-57H,14-18,20-24,27-30,32-53H2,1-13H3,(H,72,81)(H,73,83)(H,74,85)(H,75,89)(H,76,90)(H,77,82)(H,78,86)(H,79,84)/b31-19-/t54?,55?,56?,57-,70?,71?/m0/s1. The Hall–Kier alpha value is -5.86. The predicted octanol–water partition coefficient (Wildman–Crippen LogP) is 6.16. The Morgan fingerprint density at radius 3 is 1.56 bits per heavy atom. The van der Waals surface area contributed by atoms with Gasteiger partial charge in [0.1, 0.15) is 6.04 Å². The van der Waals surface area contributed by atoms with Crippen molar-refractivity contribution >= 4 is 59.1 Å². The third kappa shape index (κ3) is 43.4. The smallest absolute Gasteiger partial charge is 0.253 e. The zero-order valence-electron chi connectivity index (χ0n) is 61.1. The fourth-order valence-corrected chi connectivity index (χ4v) is 9.99. The highest BCUT2D eigenvalue weighted by Gasteiger charge is 2.30. The Morgan fingerprint density at radius 1 is 0.490 bits per heavy atom. The van der Waals surface area contributed by atoms with Crippen LogP contribution in [0, 0.1) is 39.4 Å². The summed E-state index contributed by atoms with van der Waals surface area (Å²) in [4.78, 5) is 127. The zero-order chi connectivity index (χ0) is 71.8. The highest BCUT2D eigenvalue weighted by Crippen LogP contribution is 2.29. The summed E-state index contributed by atoms with van der Waals surface area (Å²) in [6, 6.07) is -1.07. The van der Waals surface area contributed by atoms with Crippen LogP contribution in [0.25, 0.3) is 0 Å². The van der Waals surface area contributed by atoms with E-state index >= 15 is 0 Å². The first-order valence-corrected chi connectivity index (χ1v) is 35.4. The molecule has 552 valence electrons. The highest BCUT2D eigenvalue weighted by atomic mass is 16.5. The summed E-state index contributed by atoms with van der Waals surface area (Å²) >= 11 is 0. The molecule has 25 heteroatoms. The number of carbonyl (C=O) groups excluding carboxylic acids is 10. The van der Waals surface area contributed by atoms with Gasteiger partial charge in [0.2, 0.25) is 47.3 Å². The molecule has 0 aromatic rings. The Labute approximate surface area is 574 Å². The molecule has 96 heavy (non-hydrogen) atoms. The molecule has 8 N–H and O–H groups in total. The second kappa shape index (κ2) is 50.5. The number of amides is 10. The fourth-order valence-electron chi connectivity index (χ4n) is 9.99. The van der Waals surface area contributed by atoms with E-state index in [1.54, 1.807) is 0 Å². The Bertz CT molecular complexity index is 2350. The molecule has 0 aromatic heterocycles. The summed E-state index contributed by atoms with van der Waals surface area (Å²) in [7, 11) is 0. The average Bonchev–Trinajstić information content (AvgIpc) is 1.68. The lowest BCUT2D eigenvalue weighted by Crippen LogP contribution is -2.48. The van der Waals surface area contributed by atoms with E-state index in [4.69, 9.17) is 28.4 Å². The van der Waals surface area contributed by atoms with Crippen molar-refractivity contribution in [1.29, 1.82) is 0 Å². The number of allylic oxidation sites excluding steroid dienone is 2. The Morgan fingerprint density at radius 2 is 0.969 bits per heavy atom. The van der Waals surface area contributed by atoms with Gasteiger partial charge in [0.25, 0.3) is 11.8 Å². The predicted molar refractivity (Wildman–Crippen MR) is 371 cm³/mol. The van der Waals surface area contributed by atoms with E-state index in [2.05, 4.69) is 82.4 Å². The van der Waals surface area contributed by atoms with Crippen LogP contribution in [0.15, 0.2) is 24.3 Å². The first-order chi connectivity index (χ1) is 45.5. The number of nitrogens with zero attached hydrogens (tertiary/aromatic N) is 1. The largest absolute Gasteiger partial charge is 0.381 e. The van der Waals surface area contributed by atoms with Gasteiger partial charge in [-0.25, -0.2) is 0 Å². The van der Waals surface area contributed by atoms with E-state index < -0.39 is 45.9 Å². The van der Waals surface area contributed by atoms with E-state index in [-0.39, 0.29) is 157 Å². The van der Waals surface area contributed by atoms with Crippen LogP contribution in [0.3, 0.4) is 0 Å². The van der Waals surface area contributed by atoms with Crippen molar-refractivity contribution < 1.29 is 76.4 Å². The van der Waals surface area contributed by atoms with E-state index in [9.17, 15) is 47.9 Å². The van der Waals surface area contributed by atoms with Gasteiger partial charge in [-0.3, -0.25) is 52.8 Å². The SMILES string of the molecule is CCCCC(C)(C)/C=C\CC(C)CCC(=O)NCCOCC(C)CNC(=O)CC(C)(CC)COCCNC(=O)[C@H](CCC(=O)NCC(C)COCC(C)(CC)CC(=O)NCCOCCNC(=O)C(C)(C)CCC)NC(=O)CCOCCOCCNC(=O)CCN1C(=O)C=CC1=O. The maximum atomic E-state index is 13.6. The first-order valence-electron chi connectivity index (χ1n) is 35.4. The molecule has 1 rings (SSSR count). The topological polar surface area (TPSA) is 326 Å². The van der Waals surface area contributed by atoms with Crippen LogP contribution in [0.2, 0.25) is 0 Å². The third-order valence-electron chi connectivity index (χ3n) is 16.9. The van der Waals surface area contributed by atoms with Crippen molar-refractivity contribution in [2.75, 3.05) is 132 Å². The Balaban J connectivity index is 2.62. The van der Waals surface area contributed by atoms with Crippen LogP contribution < -0.4 is 42.5 Å². The van der Waals surface area contributed by atoms with Gasteiger partial charge >= 0.3 is 0 Å². The van der Waals surface area contributed by atoms with E-state index in [1.165, 1.54) is 19.3 Å². The minimum absolute atomic E-state index is 0.00658. The molecule has 0 fully saturated rings.